The molecule has 152 valence electrons. The first kappa shape index (κ1) is 23.8. The third-order valence-corrected chi connectivity index (χ3v) is 4.20. The molecule has 2 heterocycles. The number of carbonyl (C=O) groups excluding carboxylic acids is 2. The van der Waals surface area contributed by atoms with E-state index in [9.17, 15) is 9.59 Å². The molecule has 0 unspecified atom stereocenters. The van der Waals surface area contributed by atoms with Crippen LogP contribution in [0.2, 0.25) is 0 Å². The Hall–Kier alpha value is -2.19. The van der Waals surface area contributed by atoms with Gasteiger partial charge in [-0.1, -0.05) is 12.1 Å². The summed E-state index contributed by atoms with van der Waals surface area (Å²) in [5, 5.41) is 8.88. The van der Waals surface area contributed by atoms with Gasteiger partial charge in [-0.25, -0.2) is 0 Å². The number of hydrogen-bond donors (Lipinski definition) is 3. The smallest absolute Gasteiger partial charge is 0.257 e. The molecule has 0 spiro atoms. The molecule has 28 heavy (non-hydrogen) atoms. The van der Waals surface area contributed by atoms with Crippen LogP contribution in [-0.2, 0) is 16.1 Å². The monoisotopic (exact) mass is 426 g/mol. The van der Waals surface area contributed by atoms with Crippen LogP contribution in [0.5, 0.6) is 0 Å². The molecule has 0 radical (unpaired) electrons. The molecule has 3 N–H and O–H groups in total. The van der Waals surface area contributed by atoms with Gasteiger partial charge in [-0.3, -0.25) is 14.6 Å². The predicted octanol–water partition coefficient (Wildman–Crippen LogP) is 2.17. The second-order valence-electron chi connectivity index (χ2n) is 6.12. The van der Waals surface area contributed by atoms with Crippen molar-refractivity contribution in [1.29, 1.82) is 0 Å². The Morgan fingerprint density at radius 2 is 1.96 bits per heavy atom. The van der Waals surface area contributed by atoms with E-state index in [0.717, 1.165) is 5.56 Å². The maximum Gasteiger partial charge on any atom is 0.257 e. The lowest BCUT2D eigenvalue weighted by atomic mass is 10.1. The van der Waals surface area contributed by atoms with E-state index in [0.29, 0.717) is 30.9 Å². The molecule has 1 aromatic heterocycles. The molecular weight excluding hydrogens is 403 g/mol. The summed E-state index contributed by atoms with van der Waals surface area (Å²) in [4.78, 5) is 28.3. The minimum absolute atomic E-state index is 0. The largest absolute Gasteiger partial charge is 0.375 e. The number of nitrogens with zero attached hydrogens (tertiary/aromatic N) is 1. The van der Waals surface area contributed by atoms with Crippen molar-refractivity contribution >= 4 is 42.3 Å². The van der Waals surface area contributed by atoms with E-state index in [4.69, 9.17) is 4.74 Å². The number of benzene rings is 1. The van der Waals surface area contributed by atoms with Crippen LogP contribution in [0.4, 0.5) is 5.69 Å². The van der Waals surface area contributed by atoms with E-state index < -0.39 is 0 Å². The predicted molar refractivity (Wildman–Crippen MR) is 112 cm³/mol. The molecule has 2 amide bonds. The standard InChI is InChI=1S/C19H22N4O3.2ClH/c1-13-17(21-9-10-26-13)19(25)22-11-14-4-6-16(7-5-14)23-18(24)15-3-2-8-20-12-15;;/h2-8,12-13,17,21H,9-11H2,1H3,(H,22,25)(H,23,24);2*1H/t13-,17+;;/m1../s1. The average Bonchev–Trinajstić information content (AvgIpc) is 2.68. The van der Waals surface area contributed by atoms with Gasteiger partial charge in [0.15, 0.2) is 0 Å². The van der Waals surface area contributed by atoms with Crippen LogP contribution in [0.15, 0.2) is 48.8 Å². The number of amides is 2. The maximum absolute atomic E-state index is 12.2. The maximum atomic E-state index is 12.2. The van der Waals surface area contributed by atoms with Gasteiger partial charge in [0.05, 0.1) is 18.3 Å². The van der Waals surface area contributed by atoms with Gasteiger partial charge in [-0.15, -0.1) is 24.8 Å². The quantitative estimate of drug-likeness (QED) is 0.681. The van der Waals surface area contributed by atoms with Gasteiger partial charge >= 0.3 is 0 Å². The first-order valence-corrected chi connectivity index (χ1v) is 8.56. The van der Waals surface area contributed by atoms with Crippen LogP contribution in [0, 0.1) is 0 Å². The van der Waals surface area contributed by atoms with Gasteiger partial charge < -0.3 is 20.7 Å². The summed E-state index contributed by atoms with van der Waals surface area (Å²) in [6.45, 7) is 3.60. The lowest BCUT2D eigenvalue weighted by Gasteiger charge is -2.29. The van der Waals surface area contributed by atoms with Crippen molar-refractivity contribution in [2.45, 2.75) is 25.6 Å². The molecule has 1 aliphatic heterocycles. The molecule has 1 aliphatic rings. The molecule has 0 saturated carbocycles. The average molecular weight is 427 g/mol. The molecule has 7 nitrogen and oxygen atoms in total. The molecule has 3 rings (SSSR count). The number of nitrogens with one attached hydrogen (secondary N) is 3. The van der Waals surface area contributed by atoms with Crippen molar-refractivity contribution in [3.63, 3.8) is 0 Å². The Bertz CT molecular complexity index is 760. The highest BCUT2D eigenvalue weighted by molar-refractivity contribution is 6.04. The zero-order chi connectivity index (χ0) is 18.4. The zero-order valence-electron chi connectivity index (χ0n) is 15.4. The van der Waals surface area contributed by atoms with Crippen molar-refractivity contribution in [2.75, 3.05) is 18.5 Å². The number of ether oxygens (including phenoxy) is 1. The van der Waals surface area contributed by atoms with Crippen molar-refractivity contribution in [2.24, 2.45) is 0 Å². The van der Waals surface area contributed by atoms with Crippen LogP contribution in [0.25, 0.3) is 0 Å². The second kappa shape index (κ2) is 11.6. The fourth-order valence-corrected chi connectivity index (χ4v) is 2.73. The first-order valence-electron chi connectivity index (χ1n) is 8.56. The Labute approximate surface area is 176 Å². The van der Waals surface area contributed by atoms with E-state index in [1.165, 1.54) is 6.20 Å². The normalized spacial score (nSPS) is 18.2. The molecule has 2 aromatic rings. The van der Waals surface area contributed by atoms with Gasteiger partial charge in [0, 0.05) is 31.2 Å². The molecule has 1 fully saturated rings. The molecule has 0 aliphatic carbocycles. The number of hydrogen-bond acceptors (Lipinski definition) is 5. The van der Waals surface area contributed by atoms with E-state index in [1.807, 2.05) is 19.1 Å². The zero-order valence-corrected chi connectivity index (χ0v) is 17.0. The highest BCUT2D eigenvalue weighted by Crippen LogP contribution is 2.11. The molecular formula is C19H24Cl2N4O3. The van der Waals surface area contributed by atoms with Crippen molar-refractivity contribution in [1.82, 2.24) is 15.6 Å². The SMILES string of the molecule is C[C@H]1OCCN[C@@H]1C(=O)NCc1ccc(NC(=O)c2cccnc2)cc1.Cl.Cl. The van der Waals surface area contributed by atoms with E-state index >= 15 is 0 Å². The number of rotatable bonds is 5. The third kappa shape index (κ3) is 6.45. The number of pyridine rings is 1. The van der Waals surface area contributed by atoms with Gasteiger partial charge in [-0.05, 0) is 36.8 Å². The van der Waals surface area contributed by atoms with E-state index in [2.05, 4.69) is 20.9 Å². The molecule has 0 bridgehead atoms. The number of carbonyl (C=O) groups is 2. The van der Waals surface area contributed by atoms with Crippen LogP contribution in [0.1, 0.15) is 22.8 Å². The van der Waals surface area contributed by atoms with Crippen molar-refractivity contribution < 1.29 is 14.3 Å². The van der Waals surface area contributed by atoms with Gasteiger partial charge in [0.1, 0.15) is 6.04 Å². The second-order valence-corrected chi connectivity index (χ2v) is 6.12. The summed E-state index contributed by atoms with van der Waals surface area (Å²) in [5.41, 5.74) is 2.13. The minimum Gasteiger partial charge on any atom is -0.375 e. The van der Waals surface area contributed by atoms with Crippen LogP contribution in [0.3, 0.4) is 0 Å². The van der Waals surface area contributed by atoms with Crippen molar-refractivity contribution in [3.8, 4) is 0 Å². The summed E-state index contributed by atoms with van der Waals surface area (Å²) in [5.74, 6) is -0.289. The van der Waals surface area contributed by atoms with E-state index in [1.54, 1.807) is 30.5 Å². The minimum atomic E-state index is -0.332. The molecule has 9 heteroatoms. The van der Waals surface area contributed by atoms with Crippen LogP contribution in [-0.4, -0.2) is 42.1 Å². The van der Waals surface area contributed by atoms with Gasteiger partial charge in [0.2, 0.25) is 5.91 Å². The molecule has 1 saturated heterocycles. The Balaban J connectivity index is 0.00000196. The van der Waals surface area contributed by atoms with Crippen LogP contribution < -0.4 is 16.0 Å². The Morgan fingerprint density at radius 3 is 2.61 bits per heavy atom. The number of morpholine rings is 1. The lowest BCUT2D eigenvalue weighted by Crippen LogP contribution is -2.55. The summed E-state index contributed by atoms with van der Waals surface area (Å²) in [6, 6.07) is 10.4. The summed E-state index contributed by atoms with van der Waals surface area (Å²) in [7, 11) is 0. The first-order chi connectivity index (χ1) is 12.6. The Morgan fingerprint density at radius 1 is 1.21 bits per heavy atom. The summed E-state index contributed by atoms with van der Waals surface area (Å²) >= 11 is 0. The third-order valence-electron chi connectivity index (χ3n) is 4.20. The molecule has 1 aromatic carbocycles. The summed E-state index contributed by atoms with van der Waals surface area (Å²) < 4.78 is 5.48. The highest BCUT2D eigenvalue weighted by Gasteiger charge is 2.27. The van der Waals surface area contributed by atoms with E-state index in [-0.39, 0.29) is 48.8 Å². The van der Waals surface area contributed by atoms with Crippen LogP contribution >= 0.6 is 24.8 Å². The number of anilines is 1. The van der Waals surface area contributed by atoms with Crippen molar-refractivity contribution in [3.05, 3.63) is 59.9 Å². The number of aromatic nitrogens is 1. The fraction of sp³-hybridized carbons (Fsp3) is 0.316. The number of halogens is 2. The van der Waals surface area contributed by atoms with Gasteiger partial charge in [0.25, 0.3) is 5.91 Å². The summed E-state index contributed by atoms with van der Waals surface area (Å²) in [6.07, 6.45) is 2.99. The fourth-order valence-electron chi connectivity index (χ4n) is 2.73. The topological polar surface area (TPSA) is 92.4 Å². The Kier molecular flexibility index (Phi) is 9.89. The lowest BCUT2D eigenvalue weighted by molar-refractivity contribution is -0.129. The highest BCUT2D eigenvalue weighted by atomic mass is 35.5. The molecule has 2 atom stereocenters. The van der Waals surface area contributed by atoms with Gasteiger partial charge in [-0.2, -0.15) is 0 Å².